The van der Waals surface area contributed by atoms with Crippen molar-refractivity contribution < 1.29 is 9.18 Å². The molecule has 1 amide bonds. The summed E-state index contributed by atoms with van der Waals surface area (Å²) >= 11 is 0. The molecule has 0 unspecified atom stereocenters. The van der Waals surface area contributed by atoms with E-state index in [1.54, 1.807) is 24.5 Å². The van der Waals surface area contributed by atoms with Gasteiger partial charge in [-0.1, -0.05) is 19.9 Å². The van der Waals surface area contributed by atoms with Crippen LogP contribution in [0.15, 0.2) is 54.9 Å². The average Bonchev–Trinajstić information content (AvgIpc) is 3.23. The van der Waals surface area contributed by atoms with E-state index in [0.717, 1.165) is 24.1 Å². The highest BCUT2D eigenvalue weighted by molar-refractivity contribution is 5.79. The maximum absolute atomic E-state index is 13.6. The van der Waals surface area contributed by atoms with Gasteiger partial charge in [-0.3, -0.25) is 9.78 Å². The van der Waals surface area contributed by atoms with Gasteiger partial charge >= 0.3 is 0 Å². The smallest absolute Gasteiger partial charge is 0.225 e. The number of amides is 1. The van der Waals surface area contributed by atoms with Crippen molar-refractivity contribution in [2.45, 2.75) is 32.7 Å². The minimum atomic E-state index is -0.326. The SMILES string of the molecule is CC(C)C(=O)N1CCC[C@@H]1c1nc(Nc2cccc(F)c2)cc(-c2ccncc2)n1. The van der Waals surface area contributed by atoms with Crippen molar-refractivity contribution in [3.8, 4) is 11.3 Å². The molecular weight excluding hydrogens is 381 g/mol. The minimum absolute atomic E-state index is 0.0844. The number of nitrogens with one attached hydrogen (secondary N) is 1. The van der Waals surface area contributed by atoms with Crippen molar-refractivity contribution in [2.24, 2.45) is 5.92 Å². The molecule has 1 N–H and O–H groups in total. The minimum Gasteiger partial charge on any atom is -0.340 e. The van der Waals surface area contributed by atoms with Crippen molar-refractivity contribution >= 4 is 17.4 Å². The Morgan fingerprint density at radius 2 is 1.97 bits per heavy atom. The van der Waals surface area contributed by atoms with Gasteiger partial charge in [0, 0.05) is 42.2 Å². The molecule has 30 heavy (non-hydrogen) atoms. The van der Waals surface area contributed by atoms with Gasteiger partial charge in [-0.15, -0.1) is 0 Å². The lowest BCUT2D eigenvalue weighted by atomic mass is 10.1. The quantitative estimate of drug-likeness (QED) is 0.664. The lowest BCUT2D eigenvalue weighted by Gasteiger charge is -2.26. The topological polar surface area (TPSA) is 71.0 Å². The third-order valence-electron chi connectivity index (χ3n) is 5.14. The van der Waals surface area contributed by atoms with E-state index in [9.17, 15) is 9.18 Å². The van der Waals surface area contributed by atoms with Crippen LogP contribution in [-0.2, 0) is 4.79 Å². The van der Waals surface area contributed by atoms with Crippen LogP contribution in [0.3, 0.4) is 0 Å². The lowest BCUT2D eigenvalue weighted by Crippen LogP contribution is -2.34. The van der Waals surface area contributed by atoms with Gasteiger partial charge in [-0.2, -0.15) is 0 Å². The summed E-state index contributed by atoms with van der Waals surface area (Å²) in [6, 6.07) is 11.6. The molecule has 1 atom stereocenters. The van der Waals surface area contributed by atoms with E-state index in [1.165, 1.54) is 12.1 Å². The van der Waals surface area contributed by atoms with Crippen LogP contribution in [0.4, 0.5) is 15.9 Å². The molecule has 1 aliphatic rings. The molecule has 1 fully saturated rings. The summed E-state index contributed by atoms with van der Waals surface area (Å²) in [4.78, 5) is 28.1. The lowest BCUT2D eigenvalue weighted by molar-refractivity contribution is -0.135. The molecule has 0 aliphatic carbocycles. The average molecular weight is 405 g/mol. The summed E-state index contributed by atoms with van der Waals surface area (Å²) in [5.41, 5.74) is 2.22. The molecule has 1 saturated heterocycles. The third-order valence-corrected chi connectivity index (χ3v) is 5.14. The molecule has 2 aromatic heterocycles. The van der Waals surface area contributed by atoms with Crippen LogP contribution in [0.1, 0.15) is 38.6 Å². The number of carbonyl (C=O) groups is 1. The van der Waals surface area contributed by atoms with E-state index >= 15 is 0 Å². The maximum atomic E-state index is 13.6. The maximum Gasteiger partial charge on any atom is 0.225 e. The van der Waals surface area contributed by atoms with Crippen LogP contribution in [0.5, 0.6) is 0 Å². The summed E-state index contributed by atoms with van der Waals surface area (Å²) in [6.45, 7) is 4.52. The fourth-order valence-electron chi connectivity index (χ4n) is 3.69. The van der Waals surface area contributed by atoms with E-state index in [4.69, 9.17) is 9.97 Å². The summed E-state index contributed by atoms with van der Waals surface area (Å²) in [6.07, 6.45) is 5.15. The summed E-state index contributed by atoms with van der Waals surface area (Å²) in [5, 5.41) is 3.18. The number of hydrogen-bond donors (Lipinski definition) is 1. The van der Waals surface area contributed by atoms with E-state index in [-0.39, 0.29) is 23.7 Å². The first-order valence-corrected chi connectivity index (χ1v) is 10.1. The highest BCUT2D eigenvalue weighted by atomic mass is 19.1. The zero-order valence-electron chi connectivity index (χ0n) is 17.0. The number of likely N-dealkylation sites (tertiary alicyclic amines) is 1. The van der Waals surface area contributed by atoms with E-state index in [1.807, 2.05) is 36.9 Å². The molecule has 4 rings (SSSR count). The molecule has 0 radical (unpaired) electrons. The number of hydrogen-bond acceptors (Lipinski definition) is 5. The van der Waals surface area contributed by atoms with Crippen LogP contribution in [0.2, 0.25) is 0 Å². The van der Waals surface area contributed by atoms with Crippen LogP contribution in [0.25, 0.3) is 11.3 Å². The number of nitrogens with zero attached hydrogens (tertiary/aromatic N) is 4. The van der Waals surface area contributed by atoms with Crippen molar-refractivity contribution in [2.75, 3.05) is 11.9 Å². The van der Waals surface area contributed by atoms with Gasteiger partial charge < -0.3 is 10.2 Å². The molecule has 154 valence electrons. The van der Waals surface area contributed by atoms with Gasteiger partial charge in [0.05, 0.1) is 11.7 Å². The van der Waals surface area contributed by atoms with Gasteiger partial charge in [-0.25, -0.2) is 14.4 Å². The molecule has 7 heteroatoms. The summed E-state index contributed by atoms with van der Waals surface area (Å²) in [5.74, 6) is 0.845. The zero-order chi connectivity index (χ0) is 21.1. The molecule has 0 saturated carbocycles. The monoisotopic (exact) mass is 405 g/mol. The molecular formula is C23H24FN5O. The van der Waals surface area contributed by atoms with Gasteiger partial charge in [0.15, 0.2) is 5.82 Å². The number of anilines is 2. The predicted molar refractivity (Wildman–Crippen MR) is 113 cm³/mol. The van der Waals surface area contributed by atoms with Gasteiger partial charge in [0.2, 0.25) is 5.91 Å². The molecule has 3 heterocycles. The highest BCUT2D eigenvalue weighted by Gasteiger charge is 2.33. The van der Waals surface area contributed by atoms with Crippen molar-refractivity contribution in [3.63, 3.8) is 0 Å². The van der Waals surface area contributed by atoms with Gasteiger partial charge in [0.1, 0.15) is 11.6 Å². The fourth-order valence-corrected chi connectivity index (χ4v) is 3.69. The number of halogens is 1. The largest absolute Gasteiger partial charge is 0.340 e. The van der Waals surface area contributed by atoms with Crippen molar-refractivity contribution in [1.82, 2.24) is 19.9 Å². The number of carbonyl (C=O) groups excluding carboxylic acids is 1. The second-order valence-electron chi connectivity index (χ2n) is 7.71. The molecule has 1 aliphatic heterocycles. The number of aromatic nitrogens is 3. The number of pyridine rings is 1. The first kappa shape index (κ1) is 19.9. The normalized spacial score (nSPS) is 16.1. The Bertz CT molecular complexity index is 1040. The molecule has 0 spiro atoms. The second kappa shape index (κ2) is 8.57. The fraction of sp³-hybridized carbons (Fsp3) is 0.304. The third kappa shape index (κ3) is 4.30. The Kier molecular flexibility index (Phi) is 5.70. The van der Waals surface area contributed by atoms with Crippen LogP contribution >= 0.6 is 0 Å². The van der Waals surface area contributed by atoms with E-state index < -0.39 is 0 Å². The molecule has 1 aromatic carbocycles. The van der Waals surface area contributed by atoms with Gasteiger partial charge in [-0.05, 0) is 43.2 Å². The van der Waals surface area contributed by atoms with Crippen LogP contribution in [0, 0.1) is 11.7 Å². The van der Waals surface area contributed by atoms with Gasteiger partial charge in [0.25, 0.3) is 0 Å². The summed E-state index contributed by atoms with van der Waals surface area (Å²) in [7, 11) is 0. The standard InChI is InChI=1S/C23H24FN5O/c1-15(2)23(30)29-12-4-7-20(29)22-27-19(16-8-10-25-11-9-16)14-21(28-22)26-18-6-3-5-17(24)13-18/h3,5-6,8-11,13-15,20H,4,7,12H2,1-2H3,(H,26,27,28)/t20-/m1/s1. The first-order valence-electron chi connectivity index (χ1n) is 10.1. The number of benzene rings is 1. The Labute approximate surface area is 175 Å². The van der Waals surface area contributed by atoms with Crippen LogP contribution < -0.4 is 5.32 Å². The molecule has 0 bridgehead atoms. The Balaban J connectivity index is 1.75. The van der Waals surface area contributed by atoms with Crippen LogP contribution in [-0.4, -0.2) is 32.3 Å². The second-order valence-corrected chi connectivity index (χ2v) is 7.71. The van der Waals surface area contributed by atoms with E-state index in [2.05, 4.69) is 10.3 Å². The Hall–Kier alpha value is -3.35. The van der Waals surface area contributed by atoms with Crippen molar-refractivity contribution in [1.29, 1.82) is 0 Å². The predicted octanol–water partition coefficient (Wildman–Crippen LogP) is 4.74. The Morgan fingerprint density at radius 1 is 1.17 bits per heavy atom. The van der Waals surface area contributed by atoms with E-state index in [0.29, 0.717) is 23.9 Å². The summed E-state index contributed by atoms with van der Waals surface area (Å²) < 4.78 is 13.6. The number of rotatable bonds is 5. The Morgan fingerprint density at radius 3 is 2.70 bits per heavy atom. The first-order chi connectivity index (χ1) is 14.5. The molecule has 3 aromatic rings. The molecule has 6 nitrogen and oxygen atoms in total. The highest BCUT2D eigenvalue weighted by Crippen LogP contribution is 2.33. The van der Waals surface area contributed by atoms with Crippen molar-refractivity contribution in [3.05, 3.63) is 66.5 Å². The zero-order valence-corrected chi connectivity index (χ0v) is 17.0.